The number of ether oxygens (including phenoxy) is 3. The van der Waals surface area contributed by atoms with Crippen molar-refractivity contribution >= 4 is 17.3 Å². The molecule has 124 valence electrons. The summed E-state index contributed by atoms with van der Waals surface area (Å²) in [5.41, 5.74) is 1.49. The number of aromatic nitrogens is 1. The molecular weight excluding hydrogens is 314 g/mol. The lowest BCUT2D eigenvalue weighted by molar-refractivity contribution is 0.0526. The Morgan fingerprint density at radius 2 is 1.87 bits per heavy atom. The number of benzene rings is 1. The smallest absolute Gasteiger partial charge is 0.338 e. The Labute approximate surface area is 140 Å². The number of nitrogens with zero attached hydrogens (tertiary/aromatic N) is 1. The van der Waals surface area contributed by atoms with E-state index in [1.54, 1.807) is 30.4 Å². The standard InChI is InChI=1S/C17H21NO4S/c1-4-20-10-11-22-15-12(3)23-16(18-15)13-6-8-14(9-7-13)17(19)21-5-2/h6-9H,4-5,10-11H2,1-3H3. The highest BCUT2D eigenvalue weighted by atomic mass is 32.1. The summed E-state index contributed by atoms with van der Waals surface area (Å²) in [5.74, 6) is 0.327. The fourth-order valence-corrected chi connectivity index (χ4v) is 2.81. The third kappa shape index (κ3) is 4.77. The molecule has 0 radical (unpaired) electrons. The van der Waals surface area contributed by atoms with Gasteiger partial charge in [0.25, 0.3) is 0 Å². The van der Waals surface area contributed by atoms with E-state index in [9.17, 15) is 4.79 Å². The van der Waals surface area contributed by atoms with Crippen molar-refractivity contribution in [2.24, 2.45) is 0 Å². The molecule has 0 bridgehead atoms. The molecule has 0 atom stereocenters. The summed E-state index contributed by atoms with van der Waals surface area (Å²) in [5, 5.41) is 0.865. The molecule has 0 N–H and O–H groups in total. The van der Waals surface area contributed by atoms with Gasteiger partial charge in [0.05, 0.1) is 23.7 Å². The summed E-state index contributed by atoms with van der Waals surface area (Å²) in [6.07, 6.45) is 0. The van der Waals surface area contributed by atoms with E-state index in [0.29, 0.717) is 37.9 Å². The zero-order valence-corrected chi connectivity index (χ0v) is 14.4. The Bertz CT molecular complexity index is 637. The van der Waals surface area contributed by atoms with Crippen molar-refractivity contribution < 1.29 is 19.0 Å². The fraction of sp³-hybridized carbons (Fsp3) is 0.412. The lowest BCUT2D eigenvalue weighted by Crippen LogP contribution is -2.06. The molecule has 2 rings (SSSR count). The normalized spacial score (nSPS) is 10.6. The summed E-state index contributed by atoms with van der Waals surface area (Å²) in [6, 6.07) is 7.24. The fourth-order valence-electron chi connectivity index (χ4n) is 1.94. The minimum absolute atomic E-state index is 0.311. The minimum atomic E-state index is -0.311. The van der Waals surface area contributed by atoms with E-state index in [1.165, 1.54) is 0 Å². The molecule has 0 saturated carbocycles. The van der Waals surface area contributed by atoms with Gasteiger partial charge in [-0.15, -0.1) is 11.3 Å². The Morgan fingerprint density at radius 3 is 2.52 bits per heavy atom. The summed E-state index contributed by atoms with van der Waals surface area (Å²) in [4.78, 5) is 17.2. The van der Waals surface area contributed by atoms with Gasteiger partial charge in [-0.2, -0.15) is 0 Å². The van der Waals surface area contributed by atoms with Crippen molar-refractivity contribution in [3.8, 4) is 16.5 Å². The molecule has 2 aromatic rings. The van der Waals surface area contributed by atoms with Crippen LogP contribution in [0.2, 0.25) is 0 Å². The first-order chi connectivity index (χ1) is 11.2. The molecule has 1 aromatic heterocycles. The maximum absolute atomic E-state index is 11.7. The number of carbonyl (C=O) groups excluding carboxylic acids is 1. The molecule has 1 heterocycles. The number of carbonyl (C=O) groups is 1. The van der Waals surface area contributed by atoms with Crippen molar-refractivity contribution in [2.75, 3.05) is 26.4 Å². The van der Waals surface area contributed by atoms with Crippen molar-refractivity contribution in [3.63, 3.8) is 0 Å². The third-order valence-corrected chi connectivity index (χ3v) is 4.07. The molecule has 0 aliphatic heterocycles. The first kappa shape index (κ1) is 17.4. The first-order valence-electron chi connectivity index (χ1n) is 7.61. The number of esters is 1. The number of hydrogen-bond acceptors (Lipinski definition) is 6. The second kappa shape index (κ2) is 8.64. The van der Waals surface area contributed by atoms with Gasteiger partial charge >= 0.3 is 5.97 Å². The first-order valence-corrected chi connectivity index (χ1v) is 8.42. The van der Waals surface area contributed by atoms with Gasteiger partial charge in [-0.1, -0.05) is 12.1 Å². The average Bonchev–Trinajstić information content (AvgIpc) is 2.93. The van der Waals surface area contributed by atoms with Crippen LogP contribution in [0.3, 0.4) is 0 Å². The summed E-state index contributed by atoms with van der Waals surface area (Å²) >= 11 is 1.56. The van der Waals surface area contributed by atoms with Gasteiger partial charge < -0.3 is 14.2 Å². The van der Waals surface area contributed by atoms with E-state index in [-0.39, 0.29) is 5.97 Å². The van der Waals surface area contributed by atoms with Crippen molar-refractivity contribution in [2.45, 2.75) is 20.8 Å². The third-order valence-electron chi connectivity index (χ3n) is 3.07. The second-order valence-electron chi connectivity index (χ2n) is 4.72. The largest absolute Gasteiger partial charge is 0.474 e. The highest BCUT2D eigenvalue weighted by Gasteiger charge is 2.12. The number of thiazole rings is 1. The number of hydrogen-bond donors (Lipinski definition) is 0. The molecule has 0 fully saturated rings. The van der Waals surface area contributed by atoms with Gasteiger partial charge in [-0.25, -0.2) is 9.78 Å². The SMILES string of the molecule is CCOCCOc1nc(-c2ccc(C(=O)OCC)cc2)sc1C. The molecule has 0 aliphatic rings. The Hall–Kier alpha value is -1.92. The van der Waals surface area contributed by atoms with Gasteiger partial charge in [0.2, 0.25) is 5.88 Å². The molecule has 1 aromatic carbocycles. The highest BCUT2D eigenvalue weighted by Crippen LogP contribution is 2.31. The highest BCUT2D eigenvalue weighted by molar-refractivity contribution is 7.15. The van der Waals surface area contributed by atoms with Gasteiger partial charge in [0.15, 0.2) is 0 Å². The van der Waals surface area contributed by atoms with Crippen LogP contribution in [0.15, 0.2) is 24.3 Å². The summed E-state index contributed by atoms with van der Waals surface area (Å²) in [6.45, 7) is 7.80. The predicted octanol–water partition coefficient (Wildman–Crippen LogP) is 3.71. The monoisotopic (exact) mass is 335 g/mol. The van der Waals surface area contributed by atoms with Crippen LogP contribution < -0.4 is 4.74 Å². The van der Waals surface area contributed by atoms with E-state index < -0.39 is 0 Å². The zero-order valence-electron chi connectivity index (χ0n) is 13.6. The van der Waals surface area contributed by atoms with Crippen LogP contribution >= 0.6 is 11.3 Å². The zero-order chi connectivity index (χ0) is 16.7. The average molecular weight is 335 g/mol. The van der Waals surface area contributed by atoms with Gasteiger partial charge in [0, 0.05) is 12.2 Å². The van der Waals surface area contributed by atoms with Crippen LogP contribution in [0, 0.1) is 6.92 Å². The van der Waals surface area contributed by atoms with E-state index in [2.05, 4.69) is 4.98 Å². The Morgan fingerprint density at radius 1 is 1.13 bits per heavy atom. The van der Waals surface area contributed by atoms with Crippen molar-refractivity contribution in [1.82, 2.24) is 4.98 Å². The molecule has 6 heteroatoms. The molecule has 23 heavy (non-hydrogen) atoms. The Kier molecular flexibility index (Phi) is 6.55. The molecule has 0 saturated heterocycles. The van der Waals surface area contributed by atoms with E-state index in [4.69, 9.17) is 14.2 Å². The second-order valence-corrected chi connectivity index (χ2v) is 5.93. The lowest BCUT2D eigenvalue weighted by atomic mass is 10.1. The maximum Gasteiger partial charge on any atom is 0.338 e. The predicted molar refractivity (Wildman–Crippen MR) is 90.2 cm³/mol. The van der Waals surface area contributed by atoms with Crippen LogP contribution in [0.4, 0.5) is 0 Å². The van der Waals surface area contributed by atoms with E-state index >= 15 is 0 Å². The van der Waals surface area contributed by atoms with Gasteiger partial charge in [-0.05, 0) is 32.9 Å². The van der Waals surface area contributed by atoms with Crippen LogP contribution in [0.5, 0.6) is 5.88 Å². The summed E-state index contributed by atoms with van der Waals surface area (Å²) < 4.78 is 15.9. The van der Waals surface area contributed by atoms with Gasteiger partial charge in [0.1, 0.15) is 11.6 Å². The molecule has 5 nitrogen and oxygen atoms in total. The van der Waals surface area contributed by atoms with Crippen LogP contribution in [-0.2, 0) is 9.47 Å². The Balaban J connectivity index is 2.05. The minimum Gasteiger partial charge on any atom is -0.474 e. The topological polar surface area (TPSA) is 57.7 Å². The number of rotatable bonds is 8. The maximum atomic E-state index is 11.7. The van der Waals surface area contributed by atoms with Crippen LogP contribution in [0.1, 0.15) is 29.1 Å². The van der Waals surface area contributed by atoms with Crippen LogP contribution in [-0.4, -0.2) is 37.4 Å². The molecule has 0 aliphatic carbocycles. The lowest BCUT2D eigenvalue weighted by Gasteiger charge is -2.03. The van der Waals surface area contributed by atoms with Crippen molar-refractivity contribution in [3.05, 3.63) is 34.7 Å². The summed E-state index contributed by atoms with van der Waals surface area (Å²) in [7, 11) is 0. The van der Waals surface area contributed by atoms with E-state index in [0.717, 1.165) is 15.4 Å². The van der Waals surface area contributed by atoms with Crippen molar-refractivity contribution in [1.29, 1.82) is 0 Å². The molecule has 0 unspecified atom stereocenters. The quantitative estimate of drug-likeness (QED) is 0.544. The van der Waals surface area contributed by atoms with E-state index in [1.807, 2.05) is 26.0 Å². The van der Waals surface area contributed by atoms with Crippen LogP contribution in [0.25, 0.3) is 10.6 Å². The molecular formula is C17H21NO4S. The molecule has 0 amide bonds. The number of aryl methyl sites for hydroxylation is 1. The van der Waals surface area contributed by atoms with Gasteiger partial charge in [-0.3, -0.25) is 0 Å². The molecule has 0 spiro atoms.